The zero-order valence-corrected chi connectivity index (χ0v) is 11.4. The van der Waals surface area contributed by atoms with Gasteiger partial charge in [-0.15, -0.1) is 15.3 Å². The molecule has 2 aromatic rings. The average Bonchev–Trinajstić information content (AvgIpc) is 3.06. The number of ether oxygens (including phenoxy) is 1. The minimum Gasteiger partial charge on any atom is -0.461 e. The summed E-state index contributed by atoms with van der Waals surface area (Å²) in [6.45, 7) is 3.24. The van der Waals surface area contributed by atoms with Crippen molar-refractivity contribution in [1.29, 1.82) is 0 Å². The van der Waals surface area contributed by atoms with Crippen molar-refractivity contribution in [2.24, 2.45) is 0 Å². The van der Waals surface area contributed by atoms with E-state index in [9.17, 15) is 13.6 Å². The molecule has 0 radical (unpaired) electrons. The molecule has 0 aromatic carbocycles. The summed E-state index contributed by atoms with van der Waals surface area (Å²) in [6.07, 6.45) is -2.41. The Morgan fingerprint density at radius 3 is 2.57 bits per heavy atom. The number of aryl methyl sites for hydroxylation is 1. The second kappa shape index (κ2) is 6.37. The molecule has 10 heteroatoms. The predicted octanol–water partition coefficient (Wildman–Crippen LogP) is 1.39. The van der Waals surface area contributed by atoms with E-state index in [0.29, 0.717) is 12.3 Å². The average molecular weight is 301 g/mol. The first-order chi connectivity index (χ1) is 10.1. The number of carbonyl (C=O) groups is 1. The maximum atomic E-state index is 13.1. The van der Waals surface area contributed by atoms with Crippen LogP contribution in [0, 0.1) is 0 Å². The van der Waals surface area contributed by atoms with Gasteiger partial charge >= 0.3 is 5.97 Å². The minimum atomic E-state index is -2.94. The third-order valence-corrected chi connectivity index (χ3v) is 2.55. The summed E-state index contributed by atoms with van der Waals surface area (Å²) in [5.41, 5.74) is -1.15. The Morgan fingerprint density at radius 2 is 2.00 bits per heavy atom. The number of rotatable bonds is 6. The van der Waals surface area contributed by atoms with Gasteiger partial charge in [0.1, 0.15) is 12.2 Å². The first-order valence-electron chi connectivity index (χ1n) is 6.26. The number of esters is 1. The molecule has 0 spiro atoms. The van der Waals surface area contributed by atoms with E-state index in [2.05, 4.69) is 25.2 Å². The van der Waals surface area contributed by atoms with Gasteiger partial charge in [-0.1, -0.05) is 12.1 Å². The van der Waals surface area contributed by atoms with Gasteiger partial charge in [0.15, 0.2) is 5.69 Å². The van der Waals surface area contributed by atoms with Gasteiger partial charge in [-0.3, -0.25) is 0 Å². The summed E-state index contributed by atoms with van der Waals surface area (Å²) < 4.78 is 37.0. The van der Waals surface area contributed by atoms with Gasteiger partial charge in [0.2, 0.25) is 11.8 Å². The highest BCUT2D eigenvalue weighted by Crippen LogP contribution is 2.22. The largest absolute Gasteiger partial charge is 0.461 e. The maximum absolute atomic E-state index is 13.1. The van der Waals surface area contributed by atoms with E-state index >= 15 is 0 Å². The van der Waals surface area contributed by atoms with Crippen molar-refractivity contribution in [2.45, 2.75) is 33.2 Å². The molecule has 0 unspecified atom stereocenters. The zero-order valence-electron chi connectivity index (χ0n) is 11.4. The van der Waals surface area contributed by atoms with Crippen LogP contribution in [-0.4, -0.2) is 37.8 Å². The fourth-order valence-corrected chi connectivity index (χ4v) is 1.62. The summed E-state index contributed by atoms with van der Waals surface area (Å²) in [5.74, 6) is -0.456. The summed E-state index contributed by atoms with van der Waals surface area (Å²) in [4.78, 5) is 11.6. The molecule has 8 nitrogen and oxygen atoms in total. The normalized spacial score (nSPS) is 11.1. The standard InChI is InChI=1S/C11H13F2N5O3/c1-3-6-14-15-7(21-6)5-18-9(10(12)13)8(16-17-18)11(19)20-4-2/h10H,3-5H2,1-2H3. The molecule has 0 aliphatic carbocycles. The van der Waals surface area contributed by atoms with Crippen LogP contribution in [0.15, 0.2) is 4.42 Å². The molecule has 0 aliphatic heterocycles. The molecule has 0 aliphatic rings. The molecule has 0 saturated carbocycles. The minimum absolute atomic E-state index is 0.0535. The number of nitrogens with zero attached hydrogens (tertiary/aromatic N) is 5. The summed E-state index contributed by atoms with van der Waals surface area (Å²) in [6, 6.07) is 0. The predicted molar refractivity (Wildman–Crippen MR) is 63.7 cm³/mol. The molecule has 2 rings (SSSR count). The van der Waals surface area contributed by atoms with E-state index in [1.165, 1.54) is 0 Å². The Balaban J connectivity index is 2.29. The highest BCUT2D eigenvalue weighted by Gasteiger charge is 2.28. The number of aromatic nitrogens is 5. The van der Waals surface area contributed by atoms with Crippen molar-refractivity contribution in [3.8, 4) is 0 Å². The molecule has 0 saturated heterocycles. The zero-order chi connectivity index (χ0) is 15.4. The van der Waals surface area contributed by atoms with E-state index in [1.54, 1.807) is 6.92 Å². The second-order valence-electron chi connectivity index (χ2n) is 3.95. The van der Waals surface area contributed by atoms with E-state index in [4.69, 9.17) is 4.42 Å². The van der Waals surface area contributed by atoms with Crippen LogP contribution in [0.5, 0.6) is 0 Å². The lowest BCUT2D eigenvalue weighted by Crippen LogP contribution is -2.12. The van der Waals surface area contributed by atoms with Crippen molar-refractivity contribution in [1.82, 2.24) is 25.2 Å². The van der Waals surface area contributed by atoms with Crippen LogP contribution in [-0.2, 0) is 17.7 Å². The van der Waals surface area contributed by atoms with Gasteiger partial charge < -0.3 is 9.15 Å². The molecule has 0 fully saturated rings. The third-order valence-electron chi connectivity index (χ3n) is 2.55. The molecule has 114 valence electrons. The topological polar surface area (TPSA) is 95.9 Å². The van der Waals surface area contributed by atoms with Crippen molar-refractivity contribution in [3.05, 3.63) is 23.2 Å². The van der Waals surface area contributed by atoms with E-state index in [-0.39, 0.29) is 19.0 Å². The van der Waals surface area contributed by atoms with Crippen LogP contribution >= 0.6 is 0 Å². The van der Waals surface area contributed by atoms with Crippen LogP contribution in [0.4, 0.5) is 8.78 Å². The maximum Gasteiger partial charge on any atom is 0.361 e. The molecule has 0 bridgehead atoms. The van der Waals surface area contributed by atoms with Crippen molar-refractivity contribution in [3.63, 3.8) is 0 Å². The molecular weight excluding hydrogens is 288 g/mol. The quantitative estimate of drug-likeness (QED) is 0.744. The summed E-state index contributed by atoms with van der Waals surface area (Å²) >= 11 is 0. The van der Waals surface area contributed by atoms with Crippen LogP contribution in [0.1, 0.15) is 48.2 Å². The summed E-state index contributed by atoms with van der Waals surface area (Å²) in [7, 11) is 0. The monoisotopic (exact) mass is 301 g/mol. The number of alkyl halides is 2. The van der Waals surface area contributed by atoms with Gasteiger partial charge in [0.05, 0.1) is 6.61 Å². The van der Waals surface area contributed by atoms with E-state index < -0.39 is 23.8 Å². The molecule has 0 amide bonds. The van der Waals surface area contributed by atoms with E-state index in [1.807, 2.05) is 6.92 Å². The Bertz CT molecular complexity index is 625. The van der Waals surface area contributed by atoms with Crippen LogP contribution in [0.2, 0.25) is 0 Å². The third kappa shape index (κ3) is 3.20. The number of hydrogen-bond acceptors (Lipinski definition) is 7. The number of carbonyl (C=O) groups excluding carboxylic acids is 1. The smallest absolute Gasteiger partial charge is 0.361 e. The Labute approximate surface area is 118 Å². The molecular formula is C11H13F2N5O3. The van der Waals surface area contributed by atoms with Gasteiger partial charge in [-0.2, -0.15) is 0 Å². The van der Waals surface area contributed by atoms with Gasteiger partial charge in [-0.05, 0) is 6.92 Å². The fourth-order valence-electron chi connectivity index (χ4n) is 1.62. The first-order valence-corrected chi connectivity index (χ1v) is 6.26. The Kier molecular flexibility index (Phi) is 4.55. The van der Waals surface area contributed by atoms with Crippen LogP contribution in [0.25, 0.3) is 0 Å². The van der Waals surface area contributed by atoms with E-state index in [0.717, 1.165) is 4.68 Å². The first kappa shape index (κ1) is 15.0. The fraction of sp³-hybridized carbons (Fsp3) is 0.545. The molecule has 0 N–H and O–H groups in total. The Morgan fingerprint density at radius 1 is 1.29 bits per heavy atom. The van der Waals surface area contributed by atoms with Crippen molar-refractivity contribution in [2.75, 3.05) is 6.61 Å². The van der Waals surface area contributed by atoms with Crippen molar-refractivity contribution >= 4 is 5.97 Å². The van der Waals surface area contributed by atoms with Crippen molar-refractivity contribution < 1.29 is 22.7 Å². The molecule has 2 heterocycles. The number of halogens is 2. The van der Waals surface area contributed by atoms with Gasteiger partial charge in [0.25, 0.3) is 6.43 Å². The van der Waals surface area contributed by atoms with Gasteiger partial charge in [0, 0.05) is 6.42 Å². The molecule has 21 heavy (non-hydrogen) atoms. The van der Waals surface area contributed by atoms with Gasteiger partial charge in [-0.25, -0.2) is 18.3 Å². The number of hydrogen-bond donors (Lipinski definition) is 0. The van der Waals surface area contributed by atoms with Crippen LogP contribution < -0.4 is 0 Å². The molecule has 2 aromatic heterocycles. The molecule has 0 atom stereocenters. The lowest BCUT2D eigenvalue weighted by Gasteiger charge is -2.04. The lowest BCUT2D eigenvalue weighted by atomic mass is 10.3. The summed E-state index contributed by atoms with van der Waals surface area (Å²) in [5, 5.41) is 14.4. The second-order valence-corrected chi connectivity index (χ2v) is 3.95. The highest BCUT2D eigenvalue weighted by atomic mass is 19.3. The Hall–Kier alpha value is -2.39. The lowest BCUT2D eigenvalue weighted by molar-refractivity contribution is 0.0506. The highest BCUT2D eigenvalue weighted by molar-refractivity contribution is 5.88. The SMILES string of the molecule is CCOC(=O)c1nnn(Cc2nnc(CC)o2)c1C(F)F. The van der Waals surface area contributed by atoms with Crippen LogP contribution in [0.3, 0.4) is 0 Å².